The molecule has 1 heterocycles. The summed E-state index contributed by atoms with van der Waals surface area (Å²) in [6, 6.07) is 13.3. The first-order valence-electron chi connectivity index (χ1n) is 8.20. The molecule has 0 fully saturated rings. The van der Waals surface area contributed by atoms with E-state index in [0.717, 1.165) is 15.0 Å². The minimum Gasteiger partial charge on any atom is -0.341 e. The van der Waals surface area contributed by atoms with Crippen LogP contribution in [0.1, 0.15) is 24.1 Å². The summed E-state index contributed by atoms with van der Waals surface area (Å²) >= 11 is 4.99. The molecule has 0 aliphatic rings. The van der Waals surface area contributed by atoms with E-state index in [2.05, 4.69) is 22.0 Å². The van der Waals surface area contributed by atoms with Crippen LogP contribution in [0.15, 0.2) is 46.3 Å². The van der Waals surface area contributed by atoms with Gasteiger partial charge in [0.15, 0.2) is 0 Å². The number of hydrogen-bond acceptors (Lipinski definition) is 4. The lowest BCUT2D eigenvalue weighted by Gasteiger charge is -2.22. The summed E-state index contributed by atoms with van der Waals surface area (Å²) < 4.78 is 1.00. The highest BCUT2D eigenvalue weighted by atomic mass is 79.9. The molecule has 1 aromatic carbocycles. The maximum atomic E-state index is 12.6. The van der Waals surface area contributed by atoms with Gasteiger partial charge in [0.2, 0.25) is 11.8 Å². The van der Waals surface area contributed by atoms with E-state index in [0.29, 0.717) is 13.1 Å². The summed E-state index contributed by atoms with van der Waals surface area (Å²) in [4.78, 5) is 29.2. The second-order valence-corrected chi connectivity index (χ2v) is 7.68. The molecule has 2 rings (SSSR count). The van der Waals surface area contributed by atoms with Crippen LogP contribution in [0.25, 0.3) is 0 Å². The predicted octanol–water partition coefficient (Wildman–Crippen LogP) is 4.20. The topological polar surface area (TPSA) is 64.4 Å². The Bertz CT molecular complexity index is 786. The smallest absolute Gasteiger partial charge is 0.227 e. The predicted molar refractivity (Wildman–Crippen MR) is 107 cm³/mol. The molecule has 2 amide bonds. The summed E-state index contributed by atoms with van der Waals surface area (Å²) in [5.41, 5.74) is 0.747. The van der Waals surface area contributed by atoms with Crippen molar-refractivity contribution >= 4 is 44.8 Å². The maximum absolute atomic E-state index is 12.6. The standard InChI is InChI=1S/C19H20BrN3O2S/c1-22(13-17-12-15(20)14-26-17)18(24)8-9-19(25)23(11-5-10-21)16-6-3-2-4-7-16/h2-4,6-7,12,14H,5,8-9,11,13H2,1H3. The van der Waals surface area contributed by atoms with Gasteiger partial charge in [-0.25, -0.2) is 0 Å². The van der Waals surface area contributed by atoms with Crippen LogP contribution < -0.4 is 4.90 Å². The van der Waals surface area contributed by atoms with Gasteiger partial charge >= 0.3 is 0 Å². The van der Waals surface area contributed by atoms with Crippen LogP contribution in [0.2, 0.25) is 0 Å². The SMILES string of the molecule is CN(Cc1cc(Br)cs1)C(=O)CCC(=O)N(CCC#N)c1ccccc1. The highest BCUT2D eigenvalue weighted by Gasteiger charge is 2.18. The van der Waals surface area contributed by atoms with E-state index in [1.165, 1.54) is 0 Å². The van der Waals surface area contributed by atoms with E-state index >= 15 is 0 Å². The minimum atomic E-state index is -0.146. The highest BCUT2D eigenvalue weighted by molar-refractivity contribution is 9.10. The molecule has 0 atom stereocenters. The fourth-order valence-corrected chi connectivity index (χ4v) is 3.97. The van der Waals surface area contributed by atoms with Gasteiger partial charge in [0.05, 0.1) is 19.0 Å². The van der Waals surface area contributed by atoms with Crippen LogP contribution in [0.5, 0.6) is 0 Å². The third-order valence-electron chi connectivity index (χ3n) is 3.81. The van der Waals surface area contributed by atoms with Gasteiger partial charge in [0, 0.05) is 46.9 Å². The fraction of sp³-hybridized carbons (Fsp3) is 0.316. The van der Waals surface area contributed by atoms with Crippen LogP contribution in [0.3, 0.4) is 0 Å². The highest BCUT2D eigenvalue weighted by Crippen LogP contribution is 2.21. The second-order valence-electron chi connectivity index (χ2n) is 5.77. The van der Waals surface area contributed by atoms with Crippen molar-refractivity contribution in [2.45, 2.75) is 25.8 Å². The van der Waals surface area contributed by atoms with Gasteiger partial charge in [-0.2, -0.15) is 5.26 Å². The van der Waals surface area contributed by atoms with Gasteiger partial charge in [-0.05, 0) is 34.1 Å². The number of thiophene rings is 1. The normalized spacial score (nSPS) is 10.2. The number of anilines is 1. The van der Waals surface area contributed by atoms with Crippen LogP contribution in [0, 0.1) is 11.3 Å². The molecular formula is C19H20BrN3O2S. The van der Waals surface area contributed by atoms with E-state index in [9.17, 15) is 9.59 Å². The van der Waals surface area contributed by atoms with E-state index in [4.69, 9.17) is 5.26 Å². The Labute approximate surface area is 166 Å². The van der Waals surface area contributed by atoms with Crippen molar-refractivity contribution in [1.29, 1.82) is 5.26 Å². The summed E-state index contributed by atoms with van der Waals surface area (Å²) in [5.74, 6) is -0.219. The first kappa shape index (κ1) is 20.1. The molecule has 0 N–H and O–H groups in total. The van der Waals surface area contributed by atoms with Gasteiger partial charge in [0.1, 0.15) is 0 Å². The number of nitrogens with zero attached hydrogens (tertiary/aromatic N) is 3. The zero-order valence-corrected chi connectivity index (χ0v) is 16.9. The van der Waals surface area contributed by atoms with Gasteiger partial charge < -0.3 is 9.80 Å². The summed E-state index contributed by atoms with van der Waals surface area (Å²) in [6.45, 7) is 0.854. The molecule has 0 saturated heterocycles. The second kappa shape index (κ2) is 10.1. The molecule has 136 valence electrons. The molecule has 2 aromatic rings. The van der Waals surface area contributed by atoms with E-state index in [-0.39, 0.29) is 31.1 Å². The molecule has 0 aliphatic heterocycles. The number of nitriles is 1. The van der Waals surface area contributed by atoms with Crippen molar-refractivity contribution in [2.24, 2.45) is 0 Å². The van der Waals surface area contributed by atoms with Gasteiger partial charge in [-0.3, -0.25) is 9.59 Å². The van der Waals surface area contributed by atoms with Gasteiger partial charge in [-0.15, -0.1) is 11.3 Å². The number of para-hydroxylation sites is 1. The molecular weight excluding hydrogens is 414 g/mol. The quantitative estimate of drug-likeness (QED) is 0.626. The molecule has 26 heavy (non-hydrogen) atoms. The Balaban J connectivity index is 1.91. The van der Waals surface area contributed by atoms with Crippen molar-refractivity contribution in [3.63, 3.8) is 0 Å². The van der Waals surface area contributed by atoms with E-state index in [1.54, 1.807) is 28.2 Å². The van der Waals surface area contributed by atoms with Crippen molar-refractivity contribution < 1.29 is 9.59 Å². The summed E-state index contributed by atoms with van der Waals surface area (Å²) in [5, 5.41) is 10.8. The van der Waals surface area contributed by atoms with E-state index < -0.39 is 0 Å². The van der Waals surface area contributed by atoms with Crippen molar-refractivity contribution in [3.05, 3.63) is 51.1 Å². The van der Waals surface area contributed by atoms with Crippen LogP contribution in [-0.4, -0.2) is 30.3 Å². The molecule has 0 aliphatic carbocycles. The Morgan fingerprint density at radius 3 is 2.50 bits per heavy atom. The lowest BCUT2D eigenvalue weighted by molar-refractivity contribution is -0.132. The minimum absolute atomic E-state index is 0.0730. The zero-order chi connectivity index (χ0) is 18.9. The van der Waals surface area contributed by atoms with Crippen LogP contribution >= 0.6 is 27.3 Å². The third-order valence-corrected chi connectivity index (χ3v) is 5.49. The van der Waals surface area contributed by atoms with Gasteiger partial charge in [-0.1, -0.05) is 18.2 Å². The fourth-order valence-electron chi connectivity index (χ4n) is 2.47. The number of benzene rings is 1. The maximum Gasteiger partial charge on any atom is 0.227 e. The van der Waals surface area contributed by atoms with Gasteiger partial charge in [0.25, 0.3) is 0 Å². The van der Waals surface area contributed by atoms with E-state index in [1.807, 2.05) is 41.8 Å². The van der Waals surface area contributed by atoms with Crippen LogP contribution in [-0.2, 0) is 16.1 Å². The molecule has 0 radical (unpaired) electrons. The van der Waals surface area contributed by atoms with Crippen molar-refractivity contribution in [2.75, 3.05) is 18.5 Å². The van der Waals surface area contributed by atoms with Crippen LogP contribution in [0.4, 0.5) is 5.69 Å². The van der Waals surface area contributed by atoms with Crippen molar-refractivity contribution in [1.82, 2.24) is 4.90 Å². The molecule has 1 aromatic heterocycles. The Hall–Kier alpha value is -2.17. The average Bonchev–Trinajstić information content (AvgIpc) is 3.05. The molecule has 5 nitrogen and oxygen atoms in total. The monoisotopic (exact) mass is 433 g/mol. The molecule has 0 spiro atoms. The number of rotatable bonds is 8. The molecule has 0 bridgehead atoms. The lowest BCUT2D eigenvalue weighted by atomic mass is 10.2. The molecule has 7 heteroatoms. The Kier molecular flexibility index (Phi) is 7.82. The van der Waals surface area contributed by atoms with Crippen molar-refractivity contribution in [3.8, 4) is 6.07 Å². The number of carbonyl (C=O) groups is 2. The molecule has 0 unspecified atom stereocenters. The Morgan fingerprint density at radius 1 is 1.19 bits per heavy atom. The zero-order valence-electron chi connectivity index (χ0n) is 14.5. The number of hydrogen-bond donors (Lipinski definition) is 0. The lowest BCUT2D eigenvalue weighted by Crippen LogP contribution is -2.33. The largest absolute Gasteiger partial charge is 0.341 e. The summed E-state index contributed by atoms with van der Waals surface area (Å²) in [7, 11) is 1.74. The molecule has 0 saturated carbocycles. The first-order chi connectivity index (χ1) is 12.5. The number of amides is 2. The third kappa shape index (κ3) is 5.97. The Morgan fingerprint density at radius 2 is 1.88 bits per heavy atom. The number of carbonyl (C=O) groups excluding carboxylic acids is 2. The summed E-state index contributed by atoms with van der Waals surface area (Å²) in [6.07, 6.45) is 0.525. The first-order valence-corrected chi connectivity index (χ1v) is 9.87. The average molecular weight is 434 g/mol. The number of halogens is 1.